The molecule has 0 spiro atoms. The lowest BCUT2D eigenvalue weighted by Crippen LogP contribution is -2.26. The molecule has 0 aliphatic carbocycles. The summed E-state index contributed by atoms with van der Waals surface area (Å²) in [6.45, 7) is 2.97. The molecule has 0 radical (unpaired) electrons. The van der Waals surface area contributed by atoms with Crippen LogP contribution in [0.4, 0.5) is 0 Å². The fourth-order valence-electron chi connectivity index (χ4n) is 1.97. The van der Waals surface area contributed by atoms with Crippen LogP contribution in [0.5, 0.6) is 0 Å². The fourth-order valence-corrected chi connectivity index (χ4v) is 2.20. The molecule has 108 valence electrons. The Morgan fingerprint density at radius 2 is 2.25 bits per heavy atom. The van der Waals surface area contributed by atoms with Gasteiger partial charge in [-0.3, -0.25) is 4.79 Å². The van der Waals surface area contributed by atoms with E-state index in [9.17, 15) is 4.79 Å². The van der Waals surface area contributed by atoms with Crippen LogP contribution in [0.1, 0.15) is 22.5 Å². The van der Waals surface area contributed by atoms with Gasteiger partial charge in [0.2, 0.25) is 0 Å². The lowest BCUT2D eigenvalue weighted by Gasteiger charge is -2.08. The van der Waals surface area contributed by atoms with Crippen molar-refractivity contribution in [3.63, 3.8) is 0 Å². The smallest absolute Gasteiger partial charge is 0.287 e. The Hall–Kier alpha value is -1.52. The van der Waals surface area contributed by atoms with Gasteiger partial charge in [0, 0.05) is 19.0 Å². The van der Waals surface area contributed by atoms with Gasteiger partial charge < -0.3 is 14.5 Å². The number of aryl methyl sites for hydroxylation is 1. The van der Waals surface area contributed by atoms with Crippen molar-refractivity contribution in [3.05, 3.63) is 35.6 Å². The van der Waals surface area contributed by atoms with Crippen LogP contribution < -0.4 is 5.32 Å². The van der Waals surface area contributed by atoms with Crippen LogP contribution in [0.25, 0.3) is 11.0 Å². The standard InChI is InChI=1S/C15H18ClNO3/c1-10-3-4-13-11(7-10)8-14(20-13)15(18)17-6-5-12(16)9-19-2/h3-4,7-8,12H,5-6,9H2,1-2H3,(H,17,18). The van der Waals surface area contributed by atoms with Crippen molar-refractivity contribution in [2.24, 2.45) is 0 Å². The summed E-state index contributed by atoms with van der Waals surface area (Å²) in [5.74, 6) is 0.101. The van der Waals surface area contributed by atoms with E-state index in [0.29, 0.717) is 25.3 Å². The number of amides is 1. The number of nitrogens with one attached hydrogen (secondary N) is 1. The Balaban J connectivity index is 1.94. The lowest BCUT2D eigenvalue weighted by atomic mass is 10.2. The highest BCUT2D eigenvalue weighted by Crippen LogP contribution is 2.20. The number of halogens is 1. The van der Waals surface area contributed by atoms with E-state index in [1.165, 1.54) is 0 Å². The molecule has 0 bridgehead atoms. The van der Waals surface area contributed by atoms with Crippen molar-refractivity contribution in [1.82, 2.24) is 5.32 Å². The number of rotatable bonds is 6. The average molecular weight is 296 g/mol. The van der Waals surface area contributed by atoms with Crippen LogP contribution in [0, 0.1) is 6.92 Å². The lowest BCUT2D eigenvalue weighted by molar-refractivity contribution is 0.0926. The number of benzene rings is 1. The Morgan fingerprint density at radius 1 is 1.45 bits per heavy atom. The molecule has 2 aromatic rings. The third kappa shape index (κ3) is 3.74. The number of fused-ring (bicyclic) bond motifs is 1. The molecule has 5 heteroatoms. The van der Waals surface area contributed by atoms with Crippen molar-refractivity contribution >= 4 is 28.5 Å². The van der Waals surface area contributed by atoms with Gasteiger partial charge in [0.05, 0.1) is 12.0 Å². The van der Waals surface area contributed by atoms with Crippen LogP contribution >= 0.6 is 11.6 Å². The molecule has 1 heterocycles. The van der Waals surface area contributed by atoms with Crippen LogP contribution in [0.3, 0.4) is 0 Å². The summed E-state index contributed by atoms with van der Waals surface area (Å²) in [5.41, 5.74) is 1.85. The molecule has 0 saturated heterocycles. The monoisotopic (exact) mass is 295 g/mol. The molecule has 1 aromatic carbocycles. The number of ether oxygens (including phenoxy) is 1. The van der Waals surface area contributed by atoms with E-state index in [2.05, 4.69) is 5.32 Å². The highest BCUT2D eigenvalue weighted by atomic mass is 35.5. The van der Waals surface area contributed by atoms with E-state index in [-0.39, 0.29) is 11.3 Å². The van der Waals surface area contributed by atoms with E-state index in [0.717, 1.165) is 16.5 Å². The Labute approximate surface area is 123 Å². The van der Waals surface area contributed by atoms with Gasteiger partial charge in [-0.15, -0.1) is 11.6 Å². The molecule has 4 nitrogen and oxygen atoms in total. The second-order valence-corrected chi connectivity index (χ2v) is 5.37. The Bertz CT molecular complexity index is 594. The highest BCUT2D eigenvalue weighted by molar-refractivity contribution is 6.20. The number of alkyl halides is 1. The van der Waals surface area contributed by atoms with E-state index in [4.69, 9.17) is 20.8 Å². The molecule has 0 fully saturated rings. The zero-order valence-electron chi connectivity index (χ0n) is 11.6. The number of hydrogen-bond donors (Lipinski definition) is 1. The fraction of sp³-hybridized carbons (Fsp3) is 0.400. The van der Waals surface area contributed by atoms with E-state index < -0.39 is 0 Å². The quantitative estimate of drug-likeness (QED) is 0.833. The summed E-state index contributed by atoms with van der Waals surface area (Å²) in [4.78, 5) is 12.0. The molecule has 1 aromatic heterocycles. The van der Waals surface area contributed by atoms with E-state index in [1.54, 1.807) is 13.2 Å². The molecule has 20 heavy (non-hydrogen) atoms. The molecule has 1 unspecified atom stereocenters. The molecular formula is C15H18ClNO3. The van der Waals surface area contributed by atoms with Gasteiger partial charge in [0.15, 0.2) is 5.76 Å². The first kappa shape index (κ1) is 14.9. The van der Waals surface area contributed by atoms with E-state index >= 15 is 0 Å². The maximum Gasteiger partial charge on any atom is 0.287 e. The van der Waals surface area contributed by atoms with Gasteiger partial charge in [0.1, 0.15) is 5.58 Å². The normalized spacial score (nSPS) is 12.6. The molecule has 2 rings (SSSR count). The van der Waals surface area contributed by atoms with Gasteiger partial charge in [-0.1, -0.05) is 11.6 Å². The predicted octanol–water partition coefficient (Wildman–Crippen LogP) is 3.11. The molecule has 0 aliphatic rings. The SMILES string of the molecule is COCC(Cl)CCNC(=O)c1cc2cc(C)ccc2o1. The van der Waals surface area contributed by atoms with Gasteiger partial charge >= 0.3 is 0 Å². The number of hydrogen-bond acceptors (Lipinski definition) is 3. The second kappa shape index (κ2) is 6.77. The van der Waals surface area contributed by atoms with Crippen LogP contribution in [-0.2, 0) is 4.74 Å². The van der Waals surface area contributed by atoms with E-state index in [1.807, 2.05) is 25.1 Å². The number of carbonyl (C=O) groups excluding carboxylic acids is 1. The average Bonchev–Trinajstić information content (AvgIpc) is 2.82. The van der Waals surface area contributed by atoms with Gasteiger partial charge in [0.25, 0.3) is 5.91 Å². The van der Waals surface area contributed by atoms with Gasteiger partial charge in [-0.2, -0.15) is 0 Å². The summed E-state index contributed by atoms with van der Waals surface area (Å²) in [7, 11) is 1.60. The zero-order chi connectivity index (χ0) is 14.5. The number of furan rings is 1. The Kier molecular flexibility index (Phi) is 5.04. The van der Waals surface area contributed by atoms with Crippen molar-refractivity contribution in [2.45, 2.75) is 18.7 Å². The zero-order valence-corrected chi connectivity index (χ0v) is 12.4. The third-order valence-electron chi connectivity index (χ3n) is 2.99. The van der Waals surface area contributed by atoms with Gasteiger partial charge in [-0.05, 0) is 31.5 Å². The maximum atomic E-state index is 12.0. The molecular weight excluding hydrogens is 278 g/mol. The summed E-state index contributed by atoms with van der Waals surface area (Å²) in [6.07, 6.45) is 0.653. The highest BCUT2D eigenvalue weighted by Gasteiger charge is 2.12. The summed E-state index contributed by atoms with van der Waals surface area (Å²) in [5, 5.41) is 3.63. The first-order chi connectivity index (χ1) is 9.60. The minimum absolute atomic E-state index is 0.0985. The predicted molar refractivity (Wildman–Crippen MR) is 79.4 cm³/mol. The number of methoxy groups -OCH3 is 1. The van der Waals surface area contributed by atoms with Crippen molar-refractivity contribution < 1.29 is 13.9 Å². The van der Waals surface area contributed by atoms with Gasteiger partial charge in [-0.25, -0.2) is 0 Å². The molecule has 1 N–H and O–H groups in total. The Morgan fingerprint density at radius 3 is 3.00 bits per heavy atom. The molecule has 0 saturated carbocycles. The van der Waals surface area contributed by atoms with Crippen molar-refractivity contribution in [2.75, 3.05) is 20.3 Å². The van der Waals surface area contributed by atoms with Crippen molar-refractivity contribution in [3.8, 4) is 0 Å². The minimum Gasteiger partial charge on any atom is -0.451 e. The molecule has 0 aliphatic heterocycles. The first-order valence-corrected chi connectivity index (χ1v) is 6.95. The maximum absolute atomic E-state index is 12.0. The molecule has 1 amide bonds. The topological polar surface area (TPSA) is 51.5 Å². The van der Waals surface area contributed by atoms with Crippen molar-refractivity contribution in [1.29, 1.82) is 0 Å². The number of carbonyl (C=O) groups is 1. The molecule has 1 atom stereocenters. The third-order valence-corrected chi connectivity index (χ3v) is 3.33. The van der Waals surface area contributed by atoms with Crippen LogP contribution in [0.2, 0.25) is 0 Å². The van der Waals surface area contributed by atoms with Crippen LogP contribution in [-0.4, -0.2) is 31.5 Å². The second-order valence-electron chi connectivity index (χ2n) is 4.75. The summed E-state index contributed by atoms with van der Waals surface area (Å²) >= 11 is 5.99. The largest absolute Gasteiger partial charge is 0.451 e. The minimum atomic E-state index is -0.222. The first-order valence-electron chi connectivity index (χ1n) is 6.51. The van der Waals surface area contributed by atoms with Crippen LogP contribution in [0.15, 0.2) is 28.7 Å². The summed E-state index contributed by atoms with van der Waals surface area (Å²) < 4.78 is 10.5. The summed E-state index contributed by atoms with van der Waals surface area (Å²) in [6, 6.07) is 7.57.